The third-order valence-electron chi connectivity index (χ3n) is 4.02. The molecule has 1 fully saturated rings. The van der Waals surface area contributed by atoms with Crippen LogP contribution in [0.1, 0.15) is 18.1 Å². The maximum absolute atomic E-state index is 12.7. The average Bonchev–Trinajstić information content (AvgIpc) is 2.95. The Balaban J connectivity index is 1.80. The van der Waals surface area contributed by atoms with Gasteiger partial charge in [0, 0.05) is 5.02 Å². The van der Waals surface area contributed by atoms with Gasteiger partial charge in [-0.05, 0) is 60.2 Å². The van der Waals surface area contributed by atoms with Crippen LogP contribution in [0.5, 0.6) is 11.5 Å². The molecule has 2 aromatic rings. The van der Waals surface area contributed by atoms with Crippen LogP contribution in [-0.2, 0) is 16.1 Å². The zero-order chi connectivity index (χ0) is 21.7. The lowest BCUT2D eigenvalue weighted by Crippen LogP contribution is -2.27. The summed E-state index contributed by atoms with van der Waals surface area (Å²) in [7, 11) is 0. The number of imide groups is 1. The molecule has 30 heavy (non-hydrogen) atoms. The Labute approximate surface area is 182 Å². The molecular weight excluding hydrogens is 430 g/mol. The first-order valence-electron chi connectivity index (χ1n) is 8.98. The molecule has 0 aliphatic carbocycles. The van der Waals surface area contributed by atoms with Gasteiger partial charge in [0.25, 0.3) is 11.1 Å². The zero-order valence-electron chi connectivity index (χ0n) is 16.0. The van der Waals surface area contributed by atoms with Gasteiger partial charge in [0.05, 0.1) is 18.1 Å². The van der Waals surface area contributed by atoms with Crippen molar-refractivity contribution >= 4 is 46.6 Å². The molecule has 3 rings (SSSR count). The second kappa shape index (κ2) is 9.69. The van der Waals surface area contributed by atoms with E-state index < -0.39 is 18.5 Å². The molecule has 1 N–H and O–H groups in total. The lowest BCUT2D eigenvalue weighted by molar-refractivity contribution is -0.139. The standard InChI is InChI=1S/C21H18ClNO6S/c1-2-28-17-9-13(6-7-16(17)29-12-19(24)25)10-18-20(26)23(21(27)30-18)11-14-4-3-5-15(22)8-14/h3-10H,2,11-12H2,1H3,(H,24,25)/b18-10-. The largest absolute Gasteiger partial charge is 0.490 e. The van der Waals surface area contributed by atoms with Gasteiger partial charge >= 0.3 is 5.97 Å². The molecular formula is C21H18ClNO6S. The van der Waals surface area contributed by atoms with Gasteiger partial charge in [-0.25, -0.2) is 4.79 Å². The van der Waals surface area contributed by atoms with E-state index >= 15 is 0 Å². The minimum absolute atomic E-state index is 0.134. The topological polar surface area (TPSA) is 93.1 Å². The molecule has 1 saturated heterocycles. The fourth-order valence-electron chi connectivity index (χ4n) is 2.75. The van der Waals surface area contributed by atoms with Crippen LogP contribution in [0.25, 0.3) is 6.08 Å². The summed E-state index contributed by atoms with van der Waals surface area (Å²) in [6.07, 6.45) is 1.59. The van der Waals surface area contributed by atoms with Crippen LogP contribution in [-0.4, -0.2) is 40.3 Å². The number of halogens is 1. The monoisotopic (exact) mass is 447 g/mol. The van der Waals surface area contributed by atoms with Crippen LogP contribution in [0, 0.1) is 0 Å². The summed E-state index contributed by atoms with van der Waals surface area (Å²) in [6, 6.07) is 11.8. The van der Waals surface area contributed by atoms with Gasteiger partial charge in [-0.3, -0.25) is 14.5 Å². The van der Waals surface area contributed by atoms with Gasteiger partial charge in [-0.1, -0.05) is 29.8 Å². The molecule has 2 amide bonds. The third-order valence-corrected chi connectivity index (χ3v) is 5.16. The summed E-state index contributed by atoms with van der Waals surface area (Å²) in [5, 5.41) is 8.95. The molecule has 9 heteroatoms. The average molecular weight is 448 g/mol. The normalized spacial score (nSPS) is 15.0. The highest BCUT2D eigenvalue weighted by atomic mass is 35.5. The highest BCUT2D eigenvalue weighted by Crippen LogP contribution is 2.35. The molecule has 156 valence electrons. The van der Waals surface area contributed by atoms with Gasteiger partial charge in [0.15, 0.2) is 18.1 Å². The van der Waals surface area contributed by atoms with E-state index in [1.165, 1.54) is 0 Å². The number of benzene rings is 2. The van der Waals surface area contributed by atoms with Crippen molar-refractivity contribution in [2.75, 3.05) is 13.2 Å². The van der Waals surface area contributed by atoms with Crippen LogP contribution >= 0.6 is 23.4 Å². The number of ether oxygens (including phenoxy) is 2. The number of carboxylic acids is 1. The number of carbonyl (C=O) groups excluding carboxylic acids is 2. The van der Waals surface area contributed by atoms with Crippen molar-refractivity contribution in [3.8, 4) is 11.5 Å². The second-order valence-electron chi connectivity index (χ2n) is 6.22. The number of thioether (sulfide) groups is 1. The molecule has 0 radical (unpaired) electrons. The fourth-order valence-corrected chi connectivity index (χ4v) is 3.80. The van der Waals surface area contributed by atoms with Crippen LogP contribution in [0.2, 0.25) is 5.02 Å². The fraction of sp³-hybridized carbons (Fsp3) is 0.190. The number of carboxylic acid groups (broad SMARTS) is 1. The number of nitrogens with zero attached hydrogens (tertiary/aromatic N) is 1. The number of rotatable bonds is 8. The van der Waals surface area contributed by atoms with Crippen molar-refractivity contribution in [1.29, 1.82) is 0 Å². The maximum Gasteiger partial charge on any atom is 0.341 e. The predicted molar refractivity (Wildman–Crippen MR) is 114 cm³/mol. The van der Waals surface area contributed by atoms with Crippen LogP contribution in [0.4, 0.5) is 4.79 Å². The third kappa shape index (κ3) is 5.34. The first-order chi connectivity index (χ1) is 14.4. The number of hydrogen-bond acceptors (Lipinski definition) is 6. The smallest absolute Gasteiger partial charge is 0.341 e. The molecule has 0 spiro atoms. The lowest BCUT2D eigenvalue weighted by Gasteiger charge is -2.12. The van der Waals surface area contributed by atoms with Crippen LogP contribution in [0.3, 0.4) is 0 Å². The zero-order valence-corrected chi connectivity index (χ0v) is 17.5. The summed E-state index contributed by atoms with van der Waals surface area (Å²) in [5.74, 6) is -0.861. The molecule has 0 saturated carbocycles. The van der Waals surface area contributed by atoms with E-state index in [9.17, 15) is 14.4 Å². The van der Waals surface area contributed by atoms with Crippen molar-refractivity contribution in [2.24, 2.45) is 0 Å². The summed E-state index contributed by atoms with van der Waals surface area (Å²) < 4.78 is 10.7. The molecule has 1 aliphatic heterocycles. The predicted octanol–water partition coefficient (Wildman–Crippen LogP) is 4.44. The van der Waals surface area contributed by atoms with Gasteiger partial charge in [-0.2, -0.15) is 0 Å². The number of carbonyl (C=O) groups is 3. The number of hydrogen-bond donors (Lipinski definition) is 1. The van der Waals surface area contributed by atoms with Crippen molar-refractivity contribution in [2.45, 2.75) is 13.5 Å². The molecule has 0 aromatic heterocycles. The summed E-state index contributed by atoms with van der Waals surface area (Å²) in [6.45, 7) is 1.77. The Morgan fingerprint density at radius 3 is 2.67 bits per heavy atom. The van der Waals surface area contributed by atoms with Crippen molar-refractivity contribution in [3.05, 3.63) is 63.5 Å². The Morgan fingerprint density at radius 1 is 1.17 bits per heavy atom. The second-order valence-corrected chi connectivity index (χ2v) is 7.65. The first-order valence-corrected chi connectivity index (χ1v) is 10.2. The minimum atomic E-state index is -1.10. The van der Waals surface area contributed by atoms with Crippen LogP contribution < -0.4 is 9.47 Å². The van der Waals surface area contributed by atoms with Gasteiger partial charge in [0.2, 0.25) is 0 Å². The SMILES string of the molecule is CCOc1cc(/C=C2\SC(=O)N(Cc3cccc(Cl)c3)C2=O)ccc1OCC(=O)O. The molecule has 2 aromatic carbocycles. The van der Waals surface area contributed by atoms with Crippen molar-refractivity contribution in [1.82, 2.24) is 4.90 Å². The lowest BCUT2D eigenvalue weighted by atomic mass is 10.1. The van der Waals surface area contributed by atoms with E-state index in [1.807, 2.05) is 0 Å². The van der Waals surface area contributed by atoms with E-state index in [-0.39, 0.29) is 22.4 Å². The quantitative estimate of drug-likeness (QED) is 0.598. The minimum Gasteiger partial charge on any atom is -0.490 e. The Hall–Kier alpha value is -2.97. The van der Waals surface area contributed by atoms with Gasteiger partial charge < -0.3 is 14.6 Å². The van der Waals surface area contributed by atoms with E-state index in [0.29, 0.717) is 22.9 Å². The highest BCUT2D eigenvalue weighted by Gasteiger charge is 2.35. The van der Waals surface area contributed by atoms with E-state index in [2.05, 4.69) is 0 Å². The number of amides is 2. The molecule has 1 aliphatic rings. The molecule has 0 atom stereocenters. The van der Waals surface area contributed by atoms with Crippen LogP contribution in [0.15, 0.2) is 47.4 Å². The summed E-state index contributed by atoms with van der Waals surface area (Å²) in [4.78, 5) is 37.2. The van der Waals surface area contributed by atoms with Gasteiger partial charge in [-0.15, -0.1) is 0 Å². The summed E-state index contributed by atoms with van der Waals surface area (Å²) >= 11 is 6.83. The molecule has 7 nitrogen and oxygen atoms in total. The Bertz CT molecular complexity index is 1020. The number of aliphatic carboxylic acids is 1. The highest BCUT2D eigenvalue weighted by molar-refractivity contribution is 8.18. The van der Waals surface area contributed by atoms with E-state index in [1.54, 1.807) is 55.5 Å². The maximum atomic E-state index is 12.7. The van der Waals surface area contributed by atoms with E-state index in [4.69, 9.17) is 26.2 Å². The van der Waals surface area contributed by atoms with Crippen molar-refractivity contribution in [3.63, 3.8) is 0 Å². The molecule has 1 heterocycles. The first kappa shape index (κ1) is 21.7. The molecule has 0 bridgehead atoms. The van der Waals surface area contributed by atoms with Gasteiger partial charge in [0.1, 0.15) is 0 Å². The van der Waals surface area contributed by atoms with E-state index in [0.717, 1.165) is 22.2 Å². The van der Waals surface area contributed by atoms with Crippen molar-refractivity contribution < 1.29 is 29.0 Å². The molecule has 0 unspecified atom stereocenters. The summed E-state index contributed by atoms with van der Waals surface area (Å²) in [5.41, 5.74) is 1.37. The Morgan fingerprint density at radius 2 is 1.97 bits per heavy atom. The Kier molecular flexibility index (Phi) is 7.02.